The number of amides is 3. The van der Waals surface area contributed by atoms with Gasteiger partial charge in [-0.15, -0.1) is 0 Å². The van der Waals surface area contributed by atoms with Crippen LogP contribution in [0.4, 0.5) is 36.0 Å². The van der Waals surface area contributed by atoms with E-state index in [9.17, 15) is 18.4 Å². The molecular weight excluding hydrogens is 516 g/mol. The van der Waals surface area contributed by atoms with Crippen LogP contribution in [0.1, 0.15) is 13.3 Å². The Hall–Kier alpha value is -3.88. The summed E-state index contributed by atoms with van der Waals surface area (Å²) in [6, 6.07) is -0.741. The number of piperidine rings is 2. The van der Waals surface area contributed by atoms with Crippen LogP contribution in [0.2, 0.25) is 0 Å². The largest absolute Gasteiger partial charge is 0.477 e. The van der Waals surface area contributed by atoms with Crippen molar-refractivity contribution in [1.29, 1.82) is 0 Å². The summed E-state index contributed by atoms with van der Waals surface area (Å²) in [6.07, 6.45) is 2.83. The molecule has 15 heteroatoms. The summed E-state index contributed by atoms with van der Waals surface area (Å²) >= 11 is 0. The summed E-state index contributed by atoms with van der Waals surface area (Å²) in [4.78, 5) is 46.4. The molecule has 1 aliphatic carbocycles. The molecule has 0 radical (unpaired) electrons. The van der Waals surface area contributed by atoms with E-state index < -0.39 is 30.5 Å². The Bertz CT molecular complexity index is 1190. The third-order valence-corrected chi connectivity index (χ3v) is 7.24. The second-order valence-electron chi connectivity index (χ2n) is 9.97. The van der Waals surface area contributed by atoms with E-state index in [0.29, 0.717) is 18.4 Å². The van der Waals surface area contributed by atoms with Crippen LogP contribution in [-0.2, 0) is 4.74 Å². The van der Waals surface area contributed by atoms with Gasteiger partial charge in [0, 0.05) is 57.7 Å². The van der Waals surface area contributed by atoms with Gasteiger partial charge in [-0.05, 0) is 20.0 Å². The Balaban J connectivity index is 1.19. The third-order valence-electron chi connectivity index (χ3n) is 7.24. The van der Waals surface area contributed by atoms with Crippen molar-refractivity contribution in [3.05, 3.63) is 24.7 Å². The Labute approximate surface area is 223 Å². The standard InChI is InChI=1S/C24H31F2N9O4/c1-4-38-19-10-28-18(9-29-19)31-22(36)34(3)16-13-35(8-6-24(16,25)26)21-27-7-5-17(30-21)32-23(37)39-20-14-11-33(2)12-15(14)20/h5,7,9-10,14-16,20H,4,6,8,11-13H2,1-3H3,(H,28,31,36)(H,27,30,32,37)/t14-,15+,16-,20?/m0/s1. The molecular formula is C24H31F2N9O4. The van der Waals surface area contributed by atoms with Crippen molar-refractivity contribution in [2.75, 3.05) is 62.4 Å². The molecule has 0 aromatic carbocycles. The van der Waals surface area contributed by atoms with E-state index in [1.165, 1.54) is 31.7 Å². The minimum Gasteiger partial charge on any atom is -0.477 e. The fraction of sp³-hybridized carbons (Fsp3) is 0.583. The number of hydrogen-bond acceptors (Lipinski definition) is 10. The number of carbonyl (C=O) groups excluding carboxylic acids is 2. The van der Waals surface area contributed by atoms with Gasteiger partial charge in [0.05, 0.1) is 19.0 Å². The molecule has 3 amide bonds. The zero-order chi connectivity index (χ0) is 27.7. The Kier molecular flexibility index (Phi) is 7.34. The van der Waals surface area contributed by atoms with Gasteiger partial charge in [0.2, 0.25) is 11.8 Å². The van der Waals surface area contributed by atoms with Crippen LogP contribution in [0.15, 0.2) is 24.7 Å². The number of anilines is 3. The van der Waals surface area contributed by atoms with E-state index in [4.69, 9.17) is 9.47 Å². The average Bonchev–Trinajstić information content (AvgIpc) is 3.33. The molecule has 3 aliphatic rings. The van der Waals surface area contributed by atoms with E-state index in [2.05, 4.69) is 35.5 Å². The van der Waals surface area contributed by atoms with Gasteiger partial charge >= 0.3 is 12.1 Å². The summed E-state index contributed by atoms with van der Waals surface area (Å²) in [5.74, 6) is -1.68. The van der Waals surface area contributed by atoms with Crippen molar-refractivity contribution in [2.45, 2.75) is 31.4 Å². The second-order valence-corrected chi connectivity index (χ2v) is 9.97. The van der Waals surface area contributed by atoms with Gasteiger partial charge in [-0.3, -0.25) is 10.6 Å². The van der Waals surface area contributed by atoms with Crippen LogP contribution in [-0.4, -0.2) is 107 Å². The molecule has 13 nitrogen and oxygen atoms in total. The maximum absolute atomic E-state index is 14.9. The fourth-order valence-electron chi connectivity index (χ4n) is 5.10. The van der Waals surface area contributed by atoms with E-state index in [-0.39, 0.29) is 42.7 Å². The van der Waals surface area contributed by atoms with Gasteiger partial charge in [-0.25, -0.2) is 33.3 Å². The lowest BCUT2D eigenvalue weighted by molar-refractivity contribution is -0.0760. The van der Waals surface area contributed by atoms with Crippen molar-refractivity contribution in [2.24, 2.45) is 11.8 Å². The topological polar surface area (TPSA) is 138 Å². The van der Waals surface area contributed by atoms with E-state index in [1.54, 1.807) is 11.8 Å². The number of rotatable bonds is 7. The van der Waals surface area contributed by atoms with Gasteiger partial charge < -0.3 is 24.2 Å². The minimum absolute atomic E-state index is 0.0316. The van der Waals surface area contributed by atoms with Crippen LogP contribution in [0.3, 0.4) is 0 Å². The number of halogens is 2. The number of nitrogens with zero attached hydrogens (tertiary/aromatic N) is 7. The molecule has 1 unspecified atom stereocenters. The second kappa shape index (κ2) is 10.7. The first-order chi connectivity index (χ1) is 18.6. The first-order valence-corrected chi connectivity index (χ1v) is 12.7. The molecule has 4 atom stereocenters. The summed E-state index contributed by atoms with van der Waals surface area (Å²) in [6.45, 7) is 3.75. The maximum Gasteiger partial charge on any atom is 0.413 e. The minimum atomic E-state index is -3.15. The zero-order valence-electron chi connectivity index (χ0n) is 21.9. The summed E-state index contributed by atoms with van der Waals surface area (Å²) < 4.78 is 40.6. The first-order valence-electron chi connectivity index (χ1n) is 12.7. The predicted molar refractivity (Wildman–Crippen MR) is 136 cm³/mol. The summed E-state index contributed by atoms with van der Waals surface area (Å²) in [5.41, 5.74) is 0. The van der Waals surface area contributed by atoms with Crippen molar-refractivity contribution in [1.82, 2.24) is 29.7 Å². The smallest absolute Gasteiger partial charge is 0.413 e. The molecule has 1 saturated carbocycles. The molecule has 39 heavy (non-hydrogen) atoms. The monoisotopic (exact) mass is 547 g/mol. The fourth-order valence-corrected chi connectivity index (χ4v) is 5.10. The molecule has 0 bridgehead atoms. The lowest BCUT2D eigenvalue weighted by Gasteiger charge is -2.42. The van der Waals surface area contributed by atoms with Gasteiger partial charge in [-0.1, -0.05) is 0 Å². The Morgan fingerprint density at radius 3 is 2.59 bits per heavy atom. The molecule has 2 aliphatic heterocycles. The highest BCUT2D eigenvalue weighted by molar-refractivity contribution is 5.88. The molecule has 5 rings (SSSR count). The lowest BCUT2D eigenvalue weighted by atomic mass is 10.00. The molecule has 2 aromatic rings. The highest BCUT2D eigenvalue weighted by Gasteiger charge is 2.57. The lowest BCUT2D eigenvalue weighted by Crippen LogP contribution is -2.60. The number of likely N-dealkylation sites (tertiary alicyclic amines) is 1. The highest BCUT2D eigenvalue weighted by Crippen LogP contribution is 2.47. The first kappa shape index (κ1) is 26.7. The van der Waals surface area contributed by atoms with Crippen molar-refractivity contribution in [3.8, 4) is 5.88 Å². The number of likely N-dealkylation sites (N-methyl/N-ethyl adjacent to an activating group) is 1. The number of nitrogens with one attached hydrogen (secondary N) is 2. The zero-order valence-corrected chi connectivity index (χ0v) is 21.9. The van der Waals surface area contributed by atoms with Gasteiger partial charge in [0.1, 0.15) is 18.0 Å². The quantitative estimate of drug-likeness (QED) is 0.530. The maximum atomic E-state index is 14.9. The highest BCUT2D eigenvalue weighted by atomic mass is 19.3. The van der Waals surface area contributed by atoms with E-state index in [0.717, 1.165) is 18.0 Å². The van der Waals surface area contributed by atoms with Crippen LogP contribution in [0.5, 0.6) is 5.88 Å². The van der Waals surface area contributed by atoms with Crippen molar-refractivity contribution < 1.29 is 27.8 Å². The SMILES string of the molecule is CCOc1cnc(NC(=O)N(C)[C@H]2CN(c3nccc(NC(=O)OC4[C@H]5CN(C)C[C@@H]45)n3)CCC2(F)F)cn1. The number of fused-ring (bicyclic) bond motifs is 1. The molecule has 2 saturated heterocycles. The van der Waals surface area contributed by atoms with Gasteiger partial charge in [0.15, 0.2) is 5.82 Å². The van der Waals surface area contributed by atoms with E-state index >= 15 is 0 Å². The predicted octanol–water partition coefficient (Wildman–Crippen LogP) is 2.15. The van der Waals surface area contributed by atoms with Crippen molar-refractivity contribution in [3.63, 3.8) is 0 Å². The number of hydrogen-bond donors (Lipinski definition) is 2. The molecule has 2 N–H and O–H groups in total. The van der Waals surface area contributed by atoms with Gasteiger partial charge in [-0.2, -0.15) is 4.98 Å². The summed E-state index contributed by atoms with van der Waals surface area (Å²) in [5, 5.41) is 5.08. The number of urea groups is 1. The van der Waals surface area contributed by atoms with Gasteiger partial charge in [0.25, 0.3) is 5.92 Å². The van der Waals surface area contributed by atoms with Crippen molar-refractivity contribution >= 4 is 29.7 Å². The Morgan fingerprint density at radius 2 is 1.90 bits per heavy atom. The molecule has 2 aromatic heterocycles. The van der Waals surface area contributed by atoms with E-state index in [1.807, 2.05) is 7.05 Å². The normalized spacial score (nSPS) is 25.4. The molecule has 0 spiro atoms. The number of alkyl halides is 2. The van der Waals surface area contributed by atoms with Crippen LogP contribution >= 0.6 is 0 Å². The number of aromatic nitrogens is 4. The summed E-state index contributed by atoms with van der Waals surface area (Å²) in [7, 11) is 3.33. The average molecular weight is 548 g/mol. The van der Waals surface area contributed by atoms with Crippen LogP contribution < -0.4 is 20.3 Å². The molecule has 210 valence electrons. The Morgan fingerprint density at radius 1 is 1.13 bits per heavy atom. The van der Waals surface area contributed by atoms with Crippen LogP contribution in [0.25, 0.3) is 0 Å². The third kappa shape index (κ3) is 5.92. The number of carbonyl (C=O) groups is 2. The molecule has 4 heterocycles. The van der Waals surface area contributed by atoms with Crippen LogP contribution in [0, 0.1) is 11.8 Å². The number of ether oxygens (including phenoxy) is 2. The molecule has 3 fully saturated rings.